The Morgan fingerprint density at radius 1 is 1.26 bits per heavy atom. The van der Waals surface area contributed by atoms with Gasteiger partial charge in [-0.2, -0.15) is 5.10 Å². The summed E-state index contributed by atoms with van der Waals surface area (Å²) in [4.78, 5) is 0.778. The van der Waals surface area contributed by atoms with E-state index in [1.165, 1.54) is 0 Å². The van der Waals surface area contributed by atoms with Crippen molar-refractivity contribution in [1.29, 1.82) is 0 Å². The van der Waals surface area contributed by atoms with Crippen LogP contribution in [0.2, 0.25) is 0 Å². The first-order valence-electron chi connectivity index (χ1n) is 7.26. The maximum absolute atomic E-state index is 9.71. The van der Waals surface area contributed by atoms with Gasteiger partial charge in [-0.25, -0.2) is 0 Å². The van der Waals surface area contributed by atoms with Crippen molar-refractivity contribution in [3.63, 3.8) is 0 Å². The maximum Gasteiger partial charge on any atom is 0.211 e. The molecule has 0 spiro atoms. The Bertz CT molecular complexity index is 925. The Kier molecular flexibility index (Phi) is 4.43. The third-order valence-electron chi connectivity index (χ3n) is 3.37. The summed E-state index contributed by atoms with van der Waals surface area (Å²) in [5.41, 5.74) is 1.72. The number of ether oxygens (including phenoxy) is 1. The summed E-state index contributed by atoms with van der Waals surface area (Å²) in [7, 11) is 1.95. The molecule has 0 unspecified atom stereocenters. The van der Waals surface area contributed by atoms with Gasteiger partial charge in [0.2, 0.25) is 4.80 Å². The molecule has 0 atom stereocenters. The molecule has 1 N–H and O–H groups in total. The fourth-order valence-electron chi connectivity index (χ4n) is 2.20. The van der Waals surface area contributed by atoms with Crippen molar-refractivity contribution in [3.05, 3.63) is 52.8 Å². The van der Waals surface area contributed by atoms with Crippen LogP contribution in [0.1, 0.15) is 12.5 Å². The molecule has 0 saturated carbocycles. The van der Waals surface area contributed by atoms with Gasteiger partial charge in [0, 0.05) is 12.6 Å². The molecule has 0 saturated heterocycles. The topological polar surface area (TPSA) is 59.1 Å². The standard InChI is InChI=1S/C17H17N3O2S/c1-3-22-13-8-9-14-16(10-13)23-17(20(14)2)19-18-11-12-6-4-5-7-15(12)21/h4-11,21H,3H2,1-2H3/b18-11+,19-17-. The second-order valence-electron chi connectivity index (χ2n) is 4.91. The predicted octanol–water partition coefficient (Wildman–Crippen LogP) is 3.28. The molecule has 0 fully saturated rings. The minimum atomic E-state index is 0.188. The van der Waals surface area contributed by atoms with Crippen molar-refractivity contribution in [2.75, 3.05) is 6.61 Å². The molecule has 0 aliphatic heterocycles. The van der Waals surface area contributed by atoms with Crippen molar-refractivity contribution in [3.8, 4) is 11.5 Å². The molecule has 3 rings (SSSR count). The number of para-hydroxylation sites is 1. The van der Waals surface area contributed by atoms with E-state index in [2.05, 4.69) is 10.2 Å². The Morgan fingerprint density at radius 3 is 2.87 bits per heavy atom. The summed E-state index contributed by atoms with van der Waals surface area (Å²) in [5.74, 6) is 1.04. The van der Waals surface area contributed by atoms with Crippen LogP contribution in [-0.4, -0.2) is 22.5 Å². The number of phenols is 1. The number of nitrogens with zero attached hydrogens (tertiary/aromatic N) is 3. The summed E-state index contributed by atoms with van der Waals surface area (Å²) in [6, 6.07) is 13.0. The third kappa shape index (κ3) is 3.27. The fourth-order valence-corrected chi connectivity index (χ4v) is 3.21. The lowest BCUT2D eigenvalue weighted by Gasteiger charge is -2.02. The second kappa shape index (κ2) is 6.66. The number of benzene rings is 2. The number of thiazole rings is 1. The predicted molar refractivity (Wildman–Crippen MR) is 93.2 cm³/mol. The zero-order chi connectivity index (χ0) is 16.2. The molecule has 0 aliphatic rings. The summed E-state index contributed by atoms with van der Waals surface area (Å²) < 4.78 is 8.60. The molecule has 1 aromatic heterocycles. The zero-order valence-electron chi connectivity index (χ0n) is 12.9. The number of aromatic hydroxyl groups is 1. The molecule has 3 aromatic rings. The van der Waals surface area contributed by atoms with Crippen LogP contribution in [0.25, 0.3) is 10.2 Å². The van der Waals surface area contributed by atoms with Crippen LogP contribution in [0.3, 0.4) is 0 Å². The molecule has 5 nitrogen and oxygen atoms in total. The Labute approximate surface area is 137 Å². The van der Waals surface area contributed by atoms with Crippen molar-refractivity contribution < 1.29 is 9.84 Å². The highest BCUT2D eigenvalue weighted by Gasteiger charge is 2.04. The van der Waals surface area contributed by atoms with Crippen LogP contribution in [0.15, 0.2) is 52.7 Å². The van der Waals surface area contributed by atoms with E-state index in [-0.39, 0.29) is 5.75 Å². The fraction of sp³-hybridized carbons (Fsp3) is 0.176. The van der Waals surface area contributed by atoms with Crippen LogP contribution in [0, 0.1) is 0 Å². The van der Waals surface area contributed by atoms with Gasteiger partial charge in [-0.1, -0.05) is 23.5 Å². The van der Waals surface area contributed by atoms with E-state index in [0.29, 0.717) is 12.2 Å². The molecule has 0 amide bonds. The summed E-state index contributed by atoms with van der Waals surface area (Å²) in [5, 5.41) is 18.0. The van der Waals surface area contributed by atoms with E-state index in [1.807, 2.05) is 42.8 Å². The van der Waals surface area contributed by atoms with Gasteiger partial charge < -0.3 is 14.4 Å². The first kappa shape index (κ1) is 15.3. The highest BCUT2D eigenvalue weighted by molar-refractivity contribution is 7.16. The van der Waals surface area contributed by atoms with E-state index in [4.69, 9.17) is 4.74 Å². The number of hydrogen-bond donors (Lipinski definition) is 1. The van der Waals surface area contributed by atoms with Gasteiger partial charge in [0.1, 0.15) is 11.5 Å². The van der Waals surface area contributed by atoms with Crippen molar-refractivity contribution in [1.82, 2.24) is 4.57 Å². The molecule has 23 heavy (non-hydrogen) atoms. The monoisotopic (exact) mass is 327 g/mol. The van der Waals surface area contributed by atoms with E-state index >= 15 is 0 Å². The molecule has 2 aromatic carbocycles. The molecule has 0 radical (unpaired) electrons. The summed E-state index contributed by atoms with van der Waals surface area (Å²) in [6.07, 6.45) is 1.55. The third-order valence-corrected chi connectivity index (χ3v) is 4.45. The van der Waals surface area contributed by atoms with Gasteiger partial charge in [0.05, 0.1) is 23.0 Å². The van der Waals surface area contributed by atoms with E-state index < -0.39 is 0 Å². The highest BCUT2D eigenvalue weighted by atomic mass is 32.1. The number of phenolic OH excluding ortho intramolecular Hbond substituents is 1. The molecule has 1 heterocycles. The minimum Gasteiger partial charge on any atom is -0.507 e. The summed E-state index contributed by atoms with van der Waals surface area (Å²) >= 11 is 1.54. The largest absolute Gasteiger partial charge is 0.507 e. The minimum absolute atomic E-state index is 0.188. The van der Waals surface area contributed by atoms with Gasteiger partial charge in [0.25, 0.3) is 0 Å². The molecular weight excluding hydrogens is 310 g/mol. The number of aromatic nitrogens is 1. The molecule has 118 valence electrons. The lowest BCUT2D eigenvalue weighted by Crippen LogP contribution is -2.08. The quantitative estimate of drug-likeness (QED) is 0.590. The zero-order valence-corrected chi connectivity index (χ0v) is 13.7. The van der Waals surface area contributed by atoms with Crippen LogP contribution < -0.4 is 9.54 Å². The van der Waals surface area contributed by atoms with E-state index in [1.54, 1.807) is 35.8 Å². The average molecular weight is 327 g/mol. The van der Waals surface area contributed by atoms with Crippen LogP contribution >= 0.6 is 11.3 Å². The normalized spacial score (nSPS) is 12.3. The first-order valence-corrected chi connectivity index (χ1v) is 8.08. The average Bonchev–Trinajstić information content (AvgIpc) is 2.85. The van der Waals surface area contributed by atoms with Crippen molar-refractivity contribution in [2.24, 2.45) is 17.3 Å². The molecular formula is C17H17N3O2S. The van der Waals surface area contributed by atoms with E-state index in [9.17, 15) is 5.11 Å². The van der Waals surface area contributed by atoms with Crippen LogP contribution in [0.4, 0.5) is 0 Å². The Balaban J connectivity index is 1.96. The van der Waals surface area contributed by atoms with Crippen molar-refractivity contribution >= 4 is 27.8 Å². The molecule has 6 heteroatoms. The number of aryl methyl sites for hydroxylation is 1. The van der Waals surface area contributed by atoms with Crippen molar-refractivity contribution in [2.45, 2.75) is 6.92 Å². The number of hydrogen-bond acceptors (Lipinski definition) is 5. The second-order valence-corrected chi connectivity index (χ2v) is 5.92. The first-order chi connectivity index (χ1) is 11.2. The number of fused-ring (bicyclic) bond motifs is 1. The SMILES string of the molecule is CCOc1ccc2c(c1)s/c(=N\N=C\c1ccccc1O)n2C. The van der Waals surface area contributed by atoms with E-state index in [0.717, 1.165) is 20.8 Å². The molecule has 0 aliphatic carbocycles. The highest BCUT2D eigenvalue weighted by Crippen LogP contribution is 2.22. The lowest BCUT2D eigenvalue weighted by molar-refractivity contribution is 0.341. The summed E-state index contributed by atoms with van der Waals surface area (Å²) in [6.45, 7) is 2.61. The van der Waals surface area contributed by atoms with Gasteiger partial charge in [-0.15, -0.1) is 5.10 Å². The molecule has 0 bridgehead atoms. The van der Waals surface area contributed by atoms with Gasteiger partial charge in [0.15, 0.2) is 0 Å². The van der Waals surface area contributed by atoms with Crippen LogP contribution in [-0.2, 0) is 7.05 Å². The maximum atomic E-state index is 9.71. The smallest absolute Gasteiger partial charge is 0.211 e. The van der Waals surface area contributed by atoms with Gasteiger partial charge >= 0.3 is 0 Å². The van der Waals surface area contributed by atoms with Gasteiger partial charge in [-0.05, 0) is 37.3 Å². The number of rotatable bonds is 4. The van der Waals surface area contributed by atoms with Crippen LogP contribution in [0.5, 0.6) is 11.5 Å². The Hall–Kier alpha value is -2.60. The Morgan fingerprint density at radius 2 is 2.09 bits per heavy atom. The lowest BCUT2D eigenvalue weighted by atomic mass is 10.2. The van der Waals surface area contributed by atoms with Gasteiger partial charge in [-0.3, -0.25) is 0 Å².